The van der Waals surface area contributed by atoms with Crippen molar-refractivity contribution in [3.05, 3.63) is 0 Å². The summed E-state index contributed by atoms with van der Waals surface area (Å²) in [7, 11) is 0. The molecule has 0 aromatic rings. The lowest BCUT2D eigenvalue weighted by molar-refractivity contribution is -0.139. The van der Waals surface area contributed by atoms with Crippen LogP contribution in [0.25, 0.3) is 0 Å². The van der Waals surface area contributed by atoms with E-state index < -0.39 is 24.5 Å². The fraction of sp³-hybridized carbons (Fsp3) is 0.875. The van der Waals surface area contributed by atoms with Gasteiger partial charge in [0.15, 0.2) is 0 Å². The molecule has 0 unspecified atom stereocenters. The highest BCUT2D eigenvalue weighted by atomic mass is 19.3. The first-order valence-corrected chi connectivity index (χ1v) is 4.49. The molecule has 0 bridgehead atoms. The second-order valence-corrected chi connectivity index (χ2v) is 3.47. The summed E-state index contributed by atoms with van der Waals surface area (Å²) in [6.07, 6.45) is -0.645. The van der Waals surface area contributed by atoms with Gasteiger partial charge >= 0.3 is 0 Å². The van der Waals surface area contributed by atoms with Crippen LogP contribution in [0.1, 0.15) is 12.8 Å². The number of likely N-dealkylation sites (tertiary alicyclic amines) is 1. The van der Waals surface area contributed by atoms with Crippen molar-refractivity contribution in [1.29, 1.82) is 0 Å². The topological polar surface area (TPSA) is 66.6 Å². The second kappa shape index (κ2) is 4.18. The minimum Gasteiger partial charge on any atom is -0.394 e. The van der Waals surface area contributed by atoms with Crippen LogP contribution in [-0.2, 0) is 4.79 Å². The van der Waals surface area contributed by atoms with E-state index in [1.54, 1.807) is 0 Å². The Kier molecular flexibility index (Phi) is 3.38. The maximum atomic E-state index is 12.7. The number of carbonyl (C=O) groups excluding carboxylic acids is 1. The number of amides is 1. The highest BCUT2D eigenvalue weighted by molar-refractivity contribution is 5.81. The largest absolute Gasteiger partial charge is 0.394 e. The number of hydrogen-bond acceptors (Lipinski definition) is 3. The Balaban J connectivity index is 2.46. The predicted molar refractivity (Wildman–Crippen MR) is 45.8 cm³/mol. The third-order valence-corrected chi connectivity index (χ3v) is 2.32. The zero-order valence-corrected chi connectivity index (χ0v) is 7.75. The van der Waals surface area contributed by atoms with Gasteiger partial charge in [-0.25, -0.2) is 8.78 Å². The van der Waals surface area contributed by atoms with Gasteiger partial charge in [0.05, 0.1) is 6.61 Å². The molecule has 14 heavy (non-hydrogen) atoms. The Morgan fingerprint density at radius 2 is 2.00 bits per heavy atom. The van der Waals surface area contributed by atoms with Crippen molar-refractivity contribution < 1.29 is 18.7 Å². The number of nitrogens with two attached hydrogens (primary N) is 1. The summed E-state index contributed by atoms with van der Waals surface area (Å²) < 4.78 is 25.4. The smallest absolute Gasteiger partial charge is 0.251 e. The van der Waals surface area contributed by atoms with Gasteiger partial charge in [-0.15, -0.1) is 0 Å². The molecule has 1 atom stereocenters. The van der Waals surface area contributed by atoms with Gasteiger partial charge in [-0.2, -0.15) is 0 Å². The van der Waals surface area contributed by atoms with Crippen LogP contribution in [0, 0.1) is 0 Å². The molecule has 6 heteroatoms. The van der Waals surface area contributed by atoms with Crippen LogP contribution in [0.15, 0.2) is 0 Å². The number of carbonyl (C=O) groups is 1. The average molecular weight is 208 g/mol. The summed E-state index contributed by atoms with van der Waals surface area (Å²) in [5, 5.41) is 8.62. The maximum absolute atomic E-state index is 12.7. The number of aliphatic hydroxyl groups excluding tert-OH is 1. The molecule has 4 nitrogen and oxygen atoms in total. The fourth-order valence-corrected chi connectivity index (χ4v) is 1.37. The third kappa shape index (κ3) is 2.62. The molecule has 0 aliphatic carbocycles. The number of halogens is 2. The van der Waals surface area contributed by atoms with Crippen LogP contribution in [0.5, 0.6) is 0 Å². The number of nitrogens with zero attached hydrogens (tertiary/aromatic N) is 1. The van der Waals surface area contributed by atoms with E-state index in [9.17, 15) is 13.6 Å². The lowest BCUT2D eigenvalue weighted by Gasteiger charge is -2.32. The summed E-state index contributed by atoms with van der Waals surface area (Å²) in [5.41, 5.74) is 5.29. The zero-order chi connectivity index (χ0) is 10.8. The van der Waals surface area contributed by atoms with Crippen molar-refractivity contribution in [3.63, 3.8) is 0 Å². The molecular weight excluding hydrogens is 194 g/mol. The zero-order valence-electron chi connectivity index (χ0n) is 7.75. The maximum Gasteiger partial charge on any atom is 0.251 e. The van der Waals surface area contributed by atoms with Crippen molar-refractivity contribution >= 4 is 5.91 Å². The van der Waals surface area contributed by atoms with E-state index in [4.69, 9.17) is 10.8 Å². The van der Waals surface area contributed by atoms with Crippen LogP contribution in [0.3, 0.4) is 0 Å². The summed E-state index contributed by atoms with van der Waals surface area (Å²) in [4.78, 5) is 12.6. The number of piperidine rings is 1. The molecule has 82 valence electrons. The van der Waals surface area contributed by atoms with Crippen LogP contribution < -0.4 is 5.73 Å². The van der Waals surface area contributed by atoms with Crippen molar-refractivity contribution in [2.75, 3.05) is 19.7 Å². The monoisotopic (exact) mass is 208 g/mol. The Morgan fingerprint density at radius 1 is 1.50 bits per heavy atom. The number of aliphatic hydroxyl groups is 1. The summed E-state index contributed by atoms with van der Waals surface area (Å²) in [6.45, 7) is -0.426. The Bertz CT molecular complexity index is 213. The van der Waals surface area contributed by atoms with Crippen molar-refractivity contribution in [2.45, 2.75) is 24.8 Å². The molecule has 1 aliphatic heterocycles. The summed E-state index contributed by atoms with van der Waals surface area (Å²) in [6, 6.07) is -0.985. The van der Waals surface area contributed by atoms with Gasteiger partial charge in [-0.1, -0.05) is 0 Å². The first kappa shape index (κ1) is 11.3. The first-order chi connectivity index (χ1) is 6.46. The summed E-state index contributed by atoms with van der Waals surface area (Å²) >= 11 is 0. The standard InChI is InChI=1S/C8H14F2N2O2/c9-8(10)1-3-12(4-2-8)7(14)6(11)5-13/h6,13H,1-5,11H2/t6-/m0/s1. The summed E-state index contributed by atoms with van der Waals surface area (Å²) in [5.74, 6) is -3.12. The Labute approximate surface area is 80.7 Å². The van der Waals surface area contributed by atoms with Crippen molar-refractivity contribution in [3.8, 4) is 0 Å². The van der Waals surface area contributed by atoms with E-state index >= 15 is 0 Å². The predicted octanol–water partition coefficient (Wildman–Crippen LogP) is -0.436. The van der Waals surface area contributed by atoms with E-state index in [0.717, 1.165) is 0 Å². The van der Waals surface area contributed by atoms with Crippen LogP contribution >= 0.6 is 0 Å². The van der Waals surface area contributed by atoms with Crippen LogP contribution in [-0.4, -0.2) is 47.6 Å². The van der Waals surface area contributed by atoms with Gasteiger partial charge in [0, 0.05) is 25.9 Å². The molecule has 0 radical (unpaired) electrons. The molecule has 1 aliphatic rings. The van der Waals surface area contributed by atoms with E-state index in [-0.39, 0.29) is 25.9 Å². The molecular formula is C8H14F2N2O2. The highest BCUT2D eigenvalue weighted by Crippen LogP contribution is 2.27. The third-order valence-electron chi connectivity index (χ3n) is 2.32. The molecule has 3 N–H and O–H groups in total. The molecule has 1 fully saturated rings. The van der Waals surface area contributed by atoms with E-state index in [1.165, 1.54) is 4.90 Å². The highest BCUT2D eigenvalue weighted by Gasteiger charge is 2.36. The lowest BCUT2D eigenvalue weighted by atomic mass is 10.1. The minimum atomic E-state index is -2.67. The van der Waals surface area contributed by atoms with Crippen molar-refractivity contribution in [2.24, 2.45) is 5.73 Å². The molecule has 1 amide bonds. The van der Waals surface area contributed by atoms with Gasteiger partial charge in [0.1, 0.15) is 6.04 Å². The average Bonchev–Trinajstić information content (AvgIpc) is 2.15. The first-order valence-electron chi connectivity index (χ1n) is 4.49. The molecule has 0 saturated carbocycles. The number of rotatable bonds is 2. The van der Waals surface area contributed by atoms with Crippen LogP contribution in [0.2, 0.25) is 0 Å². The van der Waals surface area contributed by atoms with E-state index in [2.05, 4.69) is 0 Å². The SMILES string of the molecule is N[C@@H](CO)C(=O)N1CCC(F)(F)CC1. The number of alkyl halides is 2. The van der Waals surface area contributed by atoms with Gasteiger partial charge in [-0.05, 0) is 0 Å². The number of hydrogen-bond donors (Lipinski definition) is 2. The van der Waals surface area contributed by atoms with Gasteiger partial charge in [0.25, 0.3) is 5.92 Å². The minimum absolute atomic E-state index is 0.0134. The van der Waals surface area contributed by atoms with E-state index in [1.807, 2.05) is 0 Å². The molecule has 1 rings (SSSR count). The normalized spacial score (nSPS) is 23.3. The quantitative estimate of drug-likeness (QED) is 0.646. The molecule has 0 spiro atoms. The van der Waals surface area contributed by atoms with Gasteiger partial charge < -0.3 is 15.7 Å². The Morgan fingerprint density at radius 3 is 2.43 bits per heavy atom. The Hall–Kier alpha value is -0.750. The molecule has 1 saturated heterocycles. The van der Waals surface area contributed by atoms with Crippen LogP contribution in [0.4, 0.5) is 8.78 Å². The molecule has 1 heterocycles. The van der Waals surface area contributed by atoms with Gasteiger partial charge in [-0.3, -0.25) is 4.79 Å². The van der Waals surface area contributed by atoms with E-state index in [0.29, 0.717) is 0 Å². The van der Waals surface area contributed by atoms with Gasteiger partial charge in [0.2, 0.25) is 5.91 Å². The lowest BCUT2D eigenvalue weighted by Crippen LogP contribution is -2.50. The molecule has 0 aromatic carbocycles. The van der Waals surface area contributed by atoms with Crippen molar-refractivity contribution in [1.82, 2.24) is 4.90 Å². The fourth-order valence-electron chi connectivity index (χ4n) is 1.37. The second-order valence-electron chi connectivity index (χ2n) is 3.47. The molecule has 0 aromatic heterocycles.